The Balaban J connectivity index is 1.94. The number of fused-ring (bicyclic) bond motifs is 1. The molecular formula is C18H25BrN2. The summed E-state index contributed by atoms with van der Waals surface area (Å²) in [6.07, 6.45) is 0. The molecule has 0 aliphatic heterocycles. The fourth-order valence-electron chi connectivity index (χ4n) is 2.38. The summed E-state index contributed by atoms with van der Waals surface area (Å²) in [7, 11) is 2.18. The molecular weight excluding hydrogens is 324 g/mol. The fourth-order valence-corrected chi connectivity index (χ4v) is 2.76. The van der Waals surface area contributed by atoms with Crippen LogP contribution in [0.15, 0.2) is 40.9 Å². The van der Waals surface area contributed by atoms with Gasteiger partial charge >= 0.3 is 0 Å². The third-order valence-electron chi connectivity index (χ3n) is 3.47. The zero-order valence-corrected chi connectivity index (χ0v) is 15.0. The Hall–Kier alpha value is -0.900. The predicted molar refractivity (Wildman–Crippen MR) is 95.7 cm³/mol. The van der Waals surface area contributed by atoms with Crippen molar-refractivity contribution in [1.29, 1.82) is 0 Å². The molecule has 0 bridgehead atoms. The van der Waals surface area contributed by atoms with Gasteiger partial charge in [0.2, 0.25) is 0 Å². The maximum absolute atomic E-state index is 3.53. The highest BCUT2D eigenvalue weighted by molar-refractivity contribution is 9.10. The number of likely N-dealkylation sites (N-methyl/N-ethyl adjacent to an activating group) is 1. The van der Waals surface area contributed by atoms with E-state index in [4.69, 9.17) is 0 Å². The van der Waals surface area contributed by atoms with Crippen molar-refractivity contribution < 1.29 is 0 Å². The first-order chi connectivity index (χ1) is 9.83. The van der Waals surface area contributed by atoms with Gasteiger partial charge in [0.1, 0.15) is 0 Å². The third kappa shape index (κ3) is 5.42. The minimum Gasteiger partial charge on any atom is -0.311 e. The minimum atomic E-state index is 0.192. The Labute approximate surface area is 136 Å². The van der Waals surface area contributed by atoms with Crippen molar-refractivity contribution in [2.24, 2.45) is 0 Å². The molecule has 1 N–H and O–H groups in total. The van der Waals surface area contributed by atoms with E-state index in [9.17, 15) is 0 Å². The summed E-state index contributed by atoms with van der Waals surface area (Å²) in [5.41, 5.74) is 1.56. The van der Waals surface area contributed by atoms with Crippen LogP contribution in [0.25, 0.3) is 10.8 Å². The van der Waals surface area contributed by atoms with Gasteiger partial charge in [0.05, 0.1) is 0 Å². The monoisotopic (exact) mass is 348 g/mol. The van der Waals surface area contributed by atoms with Crippen molar-refractivity contribution >= 4 is 26.7 Å². The Kier molecular flexibility index (Phi) is 5.42. The maximum Gasteiger partial charge on any atom is 0.0231 e. The van der Waals surface area contributed by atoms with Gasteiger partial charge in [-0.25, -0.2) is 0 Å². The molecule has 2 nitrogen and oxygen atoms in total. The number of halogens is 1. The number of hydrogen-bond donors (Lipinski definition) is 1. The summed E-state index contributed by atoms with van der Waals surface area (Å²) in [6.45, 7) is 9.66. The zero-order chi connectivity index (χ0) is 15.5. The van der Waals surface area contributed by atoms with Gasteiger partial charge in [-0.1, -0.05) is 34.1 Å². The Morgan fingerprint density at radius 3 is 2.43 bits per heavy atom. The lowest BCUT2D eigenvalue weighted by molar-refractivity contribution is 0.303. The van der Waals surface area contributed by atoms with Crippen LogP contribution < -0.4 is 5.32 Å². The molecule has 0 amide bonds. The maximum atomic E-state index is 3.53. The van der Waals surface area contributed by atoms with E-state index in [2.05, 4.69) is 90.4 Å². The first kappa shape index (κ1) is 16.5. The number of nitrogens with one attached hydrogen (secondary N) is 1. The Morgan fingerprint density at radius 1 is 1.05 bits per heavy atom. The largest absolute Gasteiger partial charge is 0.311 e. The molecule has 0 saturated carbocycles. The van der Waals surface area contributed by atoms with Gasteiger partial charge in [0.25, 0.3) is 0 Å². The standard InChI is InChI=1S/C18H25BrN2/c1-18(2,3)20-9-10-21(4)13-14-5-6-16-12-17(19)8-7-15(16)11-14/h5-8,11-12,20H,9-10,13H2,1-4H3. The molecule has 21 heavy (non-hydrogen) atoms. The van der Waals surface area contributed by atoms with Crippen LogP contribution in [0.4, 0.5) is 0 Å². The van der Waals surface area contributed by atoms with E-state index in [1.807, 2.05) is 0 Å². The first-order valence-electron chi connectivity index (χ1n) is 7.45. The molecule has 0 aromatic heterocycles. The van der Waals surface area contributed by atoms with Gasteiger partial charge in [-0.05, 0) is 62.4 Å². The lowest BCUT2D eigenvalue weighted by atomic mass is 10.1. The second kappa shape index (κ2) is 6.91. The van der Waals surface area contributed by atoms with Crippen molar-refractivity contribution in [3.8, 4) is 0 Å². The van der Waals surface area contributed by atoms with E-state index in [1.54, 1.807) is 0 Å². The van der Waals surface area contributed by atoms with Crippen LogP contribution in [0.2, 0.25) is 0 Å². The Morgan fingerprint density at radius 2 is 1.71 bits per heavy atom. The molecule has 3 heteroatoms. The normalized spacial score (nSPS) is 12.3. The van der Waals surface area contributed by atoms with E-state index in [0.717, 1.165) is 24.1 Å². The van der Waals surface area contributed by atoms with Crippen molar-refractivity contribution in [3.05, 3.63) is 46.4 Å². The van der Waals surface area contributed by atoms with Crippen LogP contribution >= 0.6 is 15.9 Å². The predicted octanol–water partition coefficient (Wildman–Crippen LogP) is 4.42. The van der Waals surface area contributed by atoms with Crippen LogP contribution in [0.5, 0.6) is 0 Å². The van der Waals surface area contributed by atoms with Crippen LogP contribution in [-0.4, -0.2) is 30.6 Å². The van der Waals surface area contributed by atoms with Crippen molar-refractivity contribution in [2.75, 3.05) is 20.1 Å². The summed E-state index contributed by atoms with van der Waals surface area (Å²) in [4.78, 5) is 2.36. The minimum absolute atomic E-state index is 0.192. The molecule has 0 spiro atoms. The molecule has 2 rings (SSSR count). The second-order valence-electron chi connectivity index (χ2n) is 6.74. The van der Waals surface area contributed by atoms with E-state index >= 15 is 0 Å². The number of hydrogen-bond acceptors (Lipinski definition) is 2. The molecule has 2 aromatic carbocycles. The summed E-state index contributed by atoms with van der Waals surface area (Å²) in [6, 6.07) is 13.2. The van der Waals surface area contributed by atoms with E-state index in [1.165, 1.54) is 16.3 Å². The molecule has 2 aromatic rings. The number of benzene rings is 2. The Bertz CT molecular complexity index is 602. The molecule has 0 aliphatic rings. The van der Waals surface area contributed by atoms with Crippen LogP contribution in [0.1, 0.15) is 26.3 Å². The van der Waals surface area contributed by atoms with E-state index < -0.39 is 0 Å². The first-order valence-corrected chi connectivity index (χ1v) is 8.24. The molecule has 0 aliphatic carbocycles. The molecule has 0 fully saturated rings. The summed E-state index contributed by atoms with van der Waals surface area (Å²) in [5, 5.41) is 6.11. The molecule has 0 atom stereocenters. The fraction of sp³-hybridized carbons (Fsp3) is 0.444. The van der Waals surface area contributed by atoms with Gasteiger partial charge in [0.15, 0.2) is 0 Å². The summed E-state index contributed by atoms with van der Waals surface area (Å²) in [5.74, 6) is 0. The van der Waals surface area contributed by atoms with Crippen LogP contribution in [0.3, 0.4) is 0 Å². The summed E-state index contributed by atoms with van der Waals surface area (Å²) < 4.78 is 1.13. The number of rotatable bonds is 5. The SMILES string of the molecule is CN(CCNC(C)(C)C)Cc1ccc2cc(Br)ccc2c1. The molecule has 0 radical (unpaired) electrons. The molecule has 0 heterocycles. The lowest BCUT2D eigenvalue weighted by Crippen LogP contribution is -2.40. The third-order valence-corrected chi connectivity index (χ3v) is 3.96. The van der Waals surface area contributed by atoms with Gasteiger partial charge < -0.3 is 10.2 Å². The highest BCUT2D eigenvalue weighted by Crippen LogP contribution is 2.21. The van der Waals surface area contributed by atoms with Crippen molar-refractivity contribution in [1.82, 2.24) is 10.2 Å². The van der Waals surface area contributed by atoms with Gasteiger partial charge in [-0.2, -0.15) is 0 Å². The van der Waals surface area contributed by atoms with Gasteiger partial charge in [0, 0.05) is 29.6 Å². The average molecular weight is 349 g/mol. The number of nitrogens with zero attached hydrogens (tertiary/aromatic N) is 1. The highest BCUT2D eigenvalue weighted by Gasteiger charge is 2.08. The van der Waals surface area contributed by atoms with Crippen LogP contribution in [-0.2, 0) is 6.54 Å². The van der Waals surface area contributed by atoms with Gasteiger partial charge in [-0.3, -0.25) is 0 Å². The zero-order valence-electron chi connectivity index (χ0n) is 13.4. The summed E-state index contributed by atoms with van der Waals surface area (Å²) >= 11 is 3.52. The topological polar surface area (TPSA) is 15.3 Å². The molecule has 0 unspecified atom stereocenters. The van der Waals surface area contributed by atoms with Crippen molar-refractivity contribution in [3.63, 3.8) is 0 Å². The average Bonchev–Trinajstić information content (AvgIpc) is 2.37. The van der Waals surface area contributed by atoms with Crippen LogP contribution in [0, 0.1) is 0 Å². The quantitative estimate of drug-likeness (QED) is 0.860. The lowest BCUT2D eigenvalue weighted by Gasteiger charge is -2.23. The van der Waals surface area contributed by atoms with Gasteiger partial charge in [-0.15, -0.1) is 0 Å². The highest BCUT2D eigenvalue weighted by atomic mass is 79.9. The van der Waals surface area contributed by atoms with E-state index in [0.29, 0.717) is 0 Å². The molecule has 114 valence electrons. The van der Waals surface area contributed by atoms with Crippen molar-refractivity contribution in [2.45, 2.75) is 32.9 Å². The van der Waals surface area contributed by atoms with E-state index in [-0.39, 0.29) is 5.54 Å². The smallest absolute Gasteiger partial charge is 0.0231 e. The second-order valence-corrected chi connectivity index (χ2v) is 7.66. The molecule has 0 saturated heterocycles.